The van der Waals surface area contributed by atoms with E-state index >= 15 is 0 Å². The molecule has 0 fully saturated rings. The lowest BCUT2D eigenvalue weighted by Gasteiger charge is -2.14. The molecule has 2 aromatic heterocycles. The number of nitrogens with zero attached hydrogens (tertiary/aromatic N) is 2. The van der Waals surface area contributed by atoms with Crippen LogP contribution < -0.4 is 0 Å². The van der Waals surface area contributed by atoms with Gasteiger partial charge in [0.05, 0.1) is 11.4 Å². The Balaban J connectivity index is 1.26. The van der Waals surface area contributed by atoms with Crippen LogP contribution >= 0.6 is 11.3 Å². The van der Waals surface area contributed by atoms with Crippen LogP contribution in [0.3, 0.4) is 0 Å². The van der Waals surface area contributed by atoms with Gasteiger partial charge in [0.1, 0.15) is 0 Å². The first-order valence-electron chi connectivity index (χ1n) is 17.9. The van der Waals surface area contributed by atoms with Crippen molar-refractivity contribution in [3.63, 3.8) is 0 Å². The molecule has 0 atom stereocenters. The van der Waals surface area contributed by atoms with Gasteiger partial charge in [-0.3, -0.25) is 0 Å². The average Bonchev–Trinajstić information content (AvgIpc) is 3.63. The van der Waals surface area contributed by atoms with E-state index in [-0.39, 0.29) is 0 Å². The van der Waals surface area contributed by atoms with Gasteiger partial charge < -0.3 is 0 Å². The van der Waals surface area contributed by atoms with Crippen LogP contribution in [0.25, 0.3) is 98.2 Å². The molecule has 0 amide bonds. The molecule has 0 spiro atoms. The van der Waals surface area contributed by atoms with Crippen LogP contribution in [-0.4, -0.2) is 9.97 Å². The van der Waals surface area contributed by atoms with Crippen molar-refractivity contribution in [2.45, 2.75) is 0 Å². The summed E-state index contributed by atoms with van der Waals surface area (Å²) in [5.41, 5.74) is 11.9. The Morgan fingerprint density at radius 2 is 0.868 bits per heavy atom. The van der Waals surface area contributed by atoms with Gasteiger partial charge in [-0.1, -0.05) is 152 Å². The maximum Gasteiger partial charge on any atom is 0.160 e. The first-order valence-corrected chi connectivity index (χ1v) is 18.7. The van der Waals surface area contributed by atoms with E-state index in [1.54, 1.807) is 0 Å². The van der Waals surface area contributed by atoms with Gasteiger partial charge in [0.25, 0.3) is 0 Å². The topological polar surface area (TPSA) is 25.8 Å². The molecule has 248 valence electrons. The molecule has 0 aliphatic heterocycles. The van der Waals surface area contributed by atoms with Gasteiger partial charge in [-0.05, 0) is 81.1 Å². The summed E-state index contributed by atoms with van der Waals surface area (Å²) in [4.78, 5) is 10.3. The van der Waals surface area contributed by atoms with Gasteiger partial charge in [-0.15, -0.1) is 11.3 Å². The zero-order valence-electron chi connectivity index (χ0n) is 28.8. The van der Waals surface area contributed by atoms with Crippen LogP contribution in [0.1, 0.15) is 0 Å². The van der Waals surface area contributed by atoms with Crippen LogP contribution in [0.5, 0.6) is 0 Å². The lowest BCUT2D eigenvalue weighted by molar-refractivity contribution is 1.18. The average molecular weight is 693 g/mol. The number of fused-ring (bicyclic) bond motifs is 5. The van der Waals surface area contributed by atoms with E-state index in [0.717, 1.165) is 44.8 Å². The second-order valence-electron chi connectivity index (χ2n) is 13.4. The molecule has 10 rings (SSSR count). The van der Waals surface area contributed by atoms with Crippen molar-refractivity contribution >= 4 is 42.3 Å². The van der Waals surface area contributed by atoms with Crippen LogP contribution in [0.2, 0.25) is 0 Å². The Kier molecular flexibility index (Phi) is 7.71. The van der Waals surface area contributed by atoms with Crippen LogP contribution in [0.15, 0.2) is 194 Å². The third kappa shape index (κ3) is 5.78. The smallest absolute Gasteiger partial charge is 0.160 e. The largest absolute Gasteiger partial charge is 0.228 e. The van der Waals surface area contributed by atoms with E-state index in [1.807, 2.05) is 35.6 Å². The molecule has 2 nitrogen and oxygen atoms in total. The molecule has 10 aromatic rings. The highest BCUT2D eigenvalue weighted by molar-refractivity contribution is 7.26. The van der Waals surface area contributed by atoms with Gasteiger partial charge in [0.2, 0.25) is 0 Å². The zero-order chi connectivity index (χ0) is 35.1. The minimum absolute atomic E-state index is 0.707. The van der Waals surface area contributed by atoms with E-state index in [4.69, 9.17) is 9.97 Å². The van der Waals surface area contributed by atoms with Gasteiger partial charge in [-0.25, -0.2) is 9.97 Å². The zero-order valence-corrected chi connectivity index (χ0v) is 29.6. The summed E-state index contributed by atoms with van der Waals surface area (Å²) in [6.45, 7) is 0. The molecule has 0 aliphatic carbocycles. The van der Waals surface area contributed by atoms with Crippen molar-refractivity contribution in [1.82, 2.24) is 9.97 Å². The maximum absolute atomic E-state index is 5.24. The fourth-order valence-corrected chi connectivity index (χ4v) is 8.69. The Morgan fingerprint density at radius 3 is 1.57 bits per heavy atom. The van der Waals surface area contributed by atoms with Crippen molar-refractivity contribution in [3.05, 3.63) is 194 Å². The first-order chi connectivity index (χ1) is 26.2. The standard InChI is InChI=1S/C50H32N2S/c1-5-15-33(16-6-1)38-27-39(29-41(28-38)46-32-45(36-20-9-3-10-21-36)51-50(52-46)37-22-11-4-12-23-37)40-30-43(34-17-7-2-8-18-34)49-44(31-40)48-42-24-14-13-19-35(42)25-26-47(48)53-49/h1-32H. The van der Waals surface area contributed by atoms with E-state index in [9.17, 15) is 0 Å². The summed E-state index contributed by atoms with van der Waals surface area (Å²) in [5, 5.41) is 5.14. The minimum Gasteiger partial charge on any atom is -0.228 e. The van der Waals surface area contributed by atoms with Crippen LogP contribution in [-0.2, 0) is 0 Å². The molecule has 53 heavy (non-hydrogen) atoms. The van der Waals surface area contributed by atoms with Gasteiger partial charge in [0, 0.05) is 42.4 Å². The lowest BCUT2D eigenvalue weighted by atomic mass is 9.91. The van der Waals surface area contributed by atoms with Crippen molar-refractivity contribution < 1.29 is 0 Å². The number of hydrogen-bond donors (Lipinski definition) is 0. The van der Waals surface area contributed by atoms with Crippen LogP contribution in [0.4, 0.5) is 0 Å². The predicted molar refractivity (Wildman–Crippen MR) is 225 cm³/mol. The highest BCUT2D eigenvalue weighted by atomic mass is 32.1. The molecule has 0 bridgehead atoms. The second kappa shape index (κ2) is 13.1. The summed E-state index contributed by atoms with van der Waals surface area (Å²) in [6.07, 6.45) is 0. The number of thiophene rings is 1. The Morgan fingerprint density at radius 1 is 0.340 bits per heavy atom. The molecule has 0 N–H and O–H groups in total. The fraction of sp³-hybridized carbons (Fsp3) is 0. The molecule has 0 saturated carbocycles. The quantitative estimate of drug-likeness (QED) is 0.173. The molecule has 8 aromatic carbocycles. The Bertz CT molecular complexity index is 2860. The van der Waals surface area contributed by atoms with Gasteiger partial charge in [-0.2, -0.15) is 0 Å². The van der Waals surface area contributed by atoms with Gasteiger partial charge in [0.15, 0.2) is 5.82 Å². The number of aromatic nitrogens is 2. The molecule has 0 aliphatic rings. The SMILES string of the molecule is c1ccc(-c2cc(-c3cc(-c4ccccc4)c4sc5ccc6ccccc6c5c4c3)cc(-c3cc(-c4ccccc4)nc(-c4ccccc4)n3)c2)cc1. The molecule has 3 heteroatoms. The second-order valence-corrected chi connectivity index (χ2v) is 14.4. The Labute approximate surface area is 312 Å². The monoisotopic (exact) mass is 692 g/mol. The normalized spacial score (nSPS) is 11.4. The highest BCUT2D eigenvalue weighted by Crippen LogP contribution is 2.46. The fourth-order valence-electron chi connectivity index (χ4n) is 7.46. The van der Waals surface area contributed by atoms with Crippen molar-refractivity contribution in [1.29, 1.82) is 0 Å². The lowest BCUT2D eigenvalue weighted by Crippen LogP contribution is -1.96. The van der Waals surface area contributed by atoms with Crippen LogP contribution in [0, 0.1) is 0 Å². The first kappa shape index (κ1) is 31.1. The van der Waals surface area contributed by atoms with Crippen molar-refractivity contribution in [2.75, 3.05) is 0 Å². The predicted octanol–water partition coefficient (Wildman–Crippen LogP) is 14.0. The molecular formula is C50H32N2S. The molecule has 0 radical (unpaired) electrons. The summed E-state index contributed by atoms with van der Waals surface area (Å²) >= 11 is 1.88. The van der Waals surface area contributed by atoms with E-state index in [1.165, 1.54) is 47.6 Å². The molecule has 0 unspecified atom stereocenters. The van der Waals surface area contributed by atoms with Gasteiger partial charge >= 0.3 is 0 Å². The van der Waals surface area contributed by atoms with E-state index in [0.29, 0.717) is 5.82 Å². The molecule has 2 heterocycles. The summed E-state index contributed by atoms with van der Waals surface area (Å²) in [5.74, 6) is 0.707. The third-order valence-electron chi connectivity index (χ3n) is 10.0. The highest BCUT2D eigenvalue weighted by Gasteiger charge is 2.18. The number of hydrogen-bond acceptors (Lipinski definition) is 3. The summed E-state index contributed by atoms with van der Waals surface area (Å²) in [6, 6.07) is 69.2. The minimum atomic E-state index is 0.707. The molecule has 0 saturated heterocycles. The van der Waals surface area contributed by atoms with Crippen molar-refractivity contribution in [2.24, 2.45) is 0 Å². The third-order valence-corrected chi connectivity index (χ3v) is 11.2. The molecular weight excluding hydrogens is 661 g/mol. The maximum atomic E-state index is 5.24. The Hall–Kier alpha value is -6.68. The number of rotatable bonds is 6. The summed E-state index contributed by atoms with van der Waals surface area (Å²) < 4.78 is 2.61. The van der Waals surface area contributed by atoms with E-state index < -0.39 is 0 Å². The summed E-state index contributed by atoms with van der Waals surface area (Å²) in [7, 11) is 0. The number of benzene rings is 8. The van der Waals surface area contributed by atoms with E-state index in [2.05, 4.69) is 170 Å². The van der Waals surface area contributed by atoms with Crippen molar-refractivity contribution in [3.8, 4) is 67.3 Å².